The Bertz CT molecular complexity index is 527. The van der Waals surface area contributed by atoms with Crippen LogP contribution in [0.2, 0.25) is 5.02 Å². The summed E-state index contributed by atoms with van der Waals surface area (Å²) in [5.41, 5.74) is 0.645. The molecule has 2 rings (SSSR count). The number of hydrogen-bond donors (Lipinski definition) is 1. The lowest BCUT2D eigenvalue weighted by Gasteiger charge is -2.11. The van der Waals surface area contributed by atoms with E-state index in [2.05, 4.69) is 10.1 Å². The van der Waals surface area contributed by atoms with E-state index in [0.717, 1.165) is 0 Å². The van der Waals surface area contributed by atoms with Gasteiger partial charge in [-0.25, -0.2) is 4.98 Å². The SMILES string of the molecule is COc1ccc(C(O)c2ncnn2C)cc1Cl. The van der Waals surface area contributed by atoms with Crippen molar-refractivity contribution in [3.05, 3.63) is 40.9 Å². The minimum Gasteiger partial charge on any atom is -0.495 e. The minimum atomic E-state index is -0.856. The lowest BCUT2D eigenvalue weighted by molar-refractivity contribution is 0.204. The van der Waals surface area contributed by atoms with Crippen molar-refractivity contribution < 1.29 is 9.84 Å². The quantitative estimate of drug-likeness (QED) is 0.902. The zero-order chi connectivity index (χ0) is 12.4. The molecule has 0 bridgehead atoms. The Labute approximate surface area is 104 Å². The Morgan fingerprint density at radius 2 is 2.24 bits per heavy atom. The Balaban J connectivity index is 2.35. The van der Waals surface area contributed by atoms with Gasteiger partial charge in [0.15, 0.2) is 5.82 Å². The van der Waals surface area contributed by atoms with Gasteiger partial charge in [-0.1, -0.05) is 17.7 Å². The fraction of sp³-hybridized carbons (Fsp3) is 0.273. The van der Waals surface area contributed by atoms with E-state index in [1.165, 1.54) is 11.0 Å². The normalized spacial score (nSPS) is 12.5. The van der Waals surface area contributed by atoms with Gasteiger partial charge in [0.1, 0.15) is 18.2 Å². The van der Waals surface area contributed by atoms with Gasteiger partial charge in [-0.05, 0) is 17.7 Å². The summed E-state index contributed by atoms with van der Waals surface area (Å²) < 4.78 is 6.56. The maximum absolute atomic E-state index is 10.1. The van der Waals surface area contributed by atoms with Crippen LogP contribution < -0.4 is 4.74 Å². The lowest BCUT2D eigenvalue weighted by atomic mass is 10.1. The monoisotopic (exact) mass is 253 g/mol. The first kappa shape index (κ1) is 11.9. The molecule has 0 saturated carbocycles. The molecule has 0 spiro atoms. The summed E-state index contributed by atoms with van der Waals surface area (Å²) in [6, 6.07) is 5.10. The molecule has 1 aromatic heterocycles. The molecule has 0 saturated heterocycles. The summed E-state index contributed by atoms with van der Waals surface area (Å²) >= 11 is 6.00. The molecule has 0 aliphatic rings. The third kappa shape index (κ3) is 2.25. The Hall–Kier alpha value is -1.59. The highest BCUT2D eigenvalue weighted by Crippen LogP contribution is 2.29. The topological polar surface area (TPSA) is 60.2 Å². The number of aryl methyl sites for hydroxylation is 1. The van der Waals surface area contributed by atoms with Crippen molar-refractivity contribution in [3.8, 4) is 5.75 Å². The Morgan fingerprint density at radius 1 is 1.47 bits per heavy atom. The van der Waals surface area contributed by atoms with Gasteiger partial charge in [-0.15, -0.1) is 0 Å². The molecule has 90 valence electrons. The van der Waals surface area contributed by atoms with Crippen LogP contribution in [0, 0.1) is 0 Å². The predicted molar refractivity (Wildman–Crippen MR) is 63.1 cm³/mol. The van der Waals surface area contributed by atoms with E-state index in [1.807, 2.05) is 0 Å². The third-order valence-electron chi connectivity index (χ3n) is 2.48. The maximum atomic E-state index is 10.1. The first-order chi connectivity index (χ1) is 8.13. The summed E-state index contributed by atoms with van der Waals surface area (Å²) in [6.45, 7) is 0. The number of methoxy groups -OCH3 is 1. The van der Waals surface area contributed by atoms with E-state index in [4.69, 9.17) is 16.3 Å². The molecule has 17 heavy (non-hydrogen) atoms. The van der Waals surface area contributed by atoms with Crippen molar-refractivity contribution in [1.82, 2.24) is 14.8 Å². The van der Waals surface area contributed by atoms with Crippen LogP contribution in [0.15, 0.2) is 24.5 Å². The van der Waals surface area contributed by atoms with Crippen LogP contribution in [0.5, 0.6) is 5.75 Å². The first-order valence-electron chi connectivity index (χ1n) is 4.99. The van der Waals surface area contributed by atoms with Gasteiger partial charge in [-0.3, -0.25) is 4.68 Å². The average molecular weight is 254 g/mol. The van der Waals surface area contributed by atoms with Crippen LogP contribution >= 0.6 is 11.6 Å². The second-order valence-electron chi connectivity index (χ2n) is 3.54. The summed E-state index contributed by atoms with van der Waals surface area (Å²) in [5.74, 6) is 1.03. The number of rotatable bonds is 3. The van der Waals surface area contributed by atoms with Crippen molar-refractivity contribution in [3.63, 3.8) is 0 Å². The number of aliphatic hydroxyl groups is 1. The summed E-state index contributed by atoms with van der Waals surface area (Å²) in [5, 5.41) is 14.5. The molecule has 1 unspecified atom stereocenters. The summed E-state index contributed by atoms with van der Waals surface area (Å²) in [7, 11) is 3.26. The van der Waals surface area contributed by atoms with Crippen molar-refractivity contribution >= 4 is 11.6 Å². The molecule has 0 aliphatic heterocycles. The summed E-state index contributed by atoms with van der Waals surface area (Å²) in [4.78, 5) is 3.99. The molecule has 0 amide bonds. The third-order valence-corrected chi connectivity index (χ3v) is 2.78. The Kier molecular flexibility index (Phi) is 3.31. The fourth-order valence-electron chi connectivity index (χ4n) is 1.55. The average Bonchev–Trinajstić information content (AvgIpc) is 2.74. The van der Waals surface area contributed by atoms with E-state index in [0.29, 0.717) is 22.2 Å². The predicted octanol–water partition coefficient (Wildman–Crippen LogP) is 1.56. The number of aromatic nitrogens is 3. The van der Waals surface area contributed by atoms with Crippen LogP contribution in [0.4, 0.5) is 0 Å². The molecule has 1 N–H and O–H groups in total. The maximum Gasteiger partial charge on any atom is 0.160 e. The molecule has 5 nitrogen and oxygen atoms in total. The summed E-state index contributed by atoms with van der Waals surface area (Å²) in [6.07, 6.45) is 0.537. The highest BCUT2D eigenvalue weighted by Gasteiger charge is 2.16. The first-order valence-corrected chi connectivity index (χ1v) is 5.36. The van der Waals surface area contributed by atoms with E-state index in [1.54, 1.807) is 32.4 Å². The van der Waals surface area contributed by atoms with Crippen molar-refractivity contribution in [1.29, 1.82) is 0 Å². The van der Waals surface area contributed by atoms with Crippen LogP contribution in [0.25, 0.3) is 0 Å². The molecule has 1 aromatic carbocycles. The minimum absolute atomic E-state index is 0.450. The molecule has 2 aromatic rings. The van der Waals surface area contributed by atoms with Gasteiger partial charge < -0.3 is 9.84 Å². The van der Waals surface area contributed by atoms with Crippen LogP contribution in [0.3, 0.4) is 0 Å². The highest BCUT2D eigenvalue weighted by molar-refractivity contribution is 6.32. The standard InChI is InChI=1S/C11H12ClN3O2/c1-15-11(13-6-14-15)10(16)7-3-4-9(17-2)8(12)5-7/h3-6,10,16H,1-2H3. The Morgan fingerprint density at radius 3 is 2.76 bits per heavy atom. The highest BCUT2D eigenvalue weighted by atomic mass is 35.5. The molecule has 0 aliphatic carbocycles. The second-order valence-corrected chi connectivity index (χ2v) is 3.95. The van der Waals surface area contributed by atoms with Crippen molar-refractivity contribution in [2.75, 3.05) is 7.11 Å². The van der Waals surface area contributed by atoms with Gasteiger partial charge in [0, 0.05) is 7.05 Å². The van der Waals surface area contributed by atoms with E-state index < -0.39 is 6.10 Å². The van der Waals surface area contributed by atoms with Crippen molar-refractivity contribution in [2.24, 2.45) is 7.05 Å². The fourth-order valence-corrected chi connectivity index (χ4v) is 1.82. The number of aliphatic hydroxyl groups excluding tert-OH is 1. The lowest BCUT2D eigenvalue weighted by Crippen LogP contribution is -2.08. The van der Waals surface area contributed by atoms with Crippen LogP contribution in [-0.2, 0) is 7.05 Å². The van der Waals surface area contributed by atoms with Gasteiger partial charge in [0.05, 0.1) is 12.1 Å². The van der Waals surface area contributed by atoms with Gasteiger partial charge in [0.25, 0.3) is 0 Å². The number of halogens is 1. The number of nitrogens with zero attached hydrogens (tertiary/aromatic N) is 3. The molecular weight excluding hydrogens is 242 g/mol. The van der Waals surface area contributed by atoms with Gasteiger partial charge in [-0.2, -0.15) is 5.10 Å². The molecular formula is C11H12ClN3O2. The zero-order valence-corrected chi connectivity index (χ0v) is 10.2. The molecule has 0 fully saturated rings. The zero-order valence-electron chi connectivity index (χ0n) is 9.46. The van der Waals surface area contributed by atoms with E-state index in [-0.39, 0.29) is 0 Å². The molecule has 6 heteroatoms. The molecule has 0 radical (unpaired) electrons. The number of ether oxygens (including phenoxy) is 1. The molecule has 1 heterocycles. The number of hydrogen-bond acceptors (Lipinski definition) is 4. The van der Waals surface area contributed by atoms with E-state index >= 15 is 0 Å². The van der Waals surface area contributed by atoms with E-state index in [9.17, 15) is 5.11 Å². The number of benzene rings is 1. The largest absolute Gasteiger partial charge is 0.495 e. The van der Waals surface area contributed by atoms with Crippen molar-refractivity contribution in [2.45, 2.75) is 6.10 Å². The van der Waals surface area contributed by atoms with Gasteiger partial charge >= 0.3 is 0 Å². The molecule has 1 atom stereocenters. The van der Waals surface area contributed by atoms with Gasteiger partial charge in [0.2, 0.25) is 0 Å². The smallest absolute Gasteiger partial charge is 0.160 e. The van der Waals surface area contributed by atoms with Crippen LogP contribution in [0.1, 0.15) is 17.5 Å². The second kappa shape index (κ2) is 4.73. The van der Waals surface area contributed by atoms with Crippen LogP contribution in [-0.4, -0.2) is 27.0 Å².